The molecule has 0 bridgehead atoms. The van der Waals surface area contributed by atoms with E-state index in [2.05, 4.69) is 10.9 Å². The zero-order chi connectivity index (χ0) is 18.8. The van der Waals surface area contributed by atoms with Gasteiger partial charge in [-0.1, -0.05) is 38.1 Å². The minimum Gasteiger partial charge on any atom is -0.493 e. The van der Waals surface area contributed by atoms with Crippen LogP contribution in [0.3, 0.4) is 0 Å². The van der Waals surface area contributed by atoms with Gasteiger partial charge in [0.25, 0.3) is 11.8 Å². The van der Waals surface area contributed by atoms with Gasteiger partial charge in [0, 0.05) is 0 Å². The van der Waals surface area contributed by atoms with Gasteiger partial charge in [-0.2, -0.15) is 0 Å². The van der Waals surface area contributed by atoms with Crippen LogP contribution in [-0.4, -0.2) is 25.0 Å². The summed E-state index contributed by atoms with van der Waals surface area (Å²) in [6.45, 7) is 5.00. The lowest BCUT2D eigenvalue weighted by Crippen LogP contribution is -2.41. The summed E-state index contributed by atoms with van der Waals surface area (Å²) in [4.78, 5) is 24.8. The van der Waals surface area contributed by atoms with Gasteiger partial charge in [0.15, 0.2) is 0 Å². The van der Waals surface area contributed by atoms with Gasteiger partial charge in [-0.25, -0.2) is 0 Å². The van der Waals surface area contributed by atoms with Gasteiger partial charge in [0.05, 0.1) is 24.3 Å². The van der Waals surface area contributed by atoms with Crippen LogP contribution in [0.4, 0.5) is 0 Å². The van der Waals surface area contributed by atoms with Gasteiger partial charge in [-0.15, -0.1) is 0 Å². The van der Waals surface area contributed by atoms with Crippen molar-refractivity contribution in [2.45, 2.75) is 26.7 Å². The average molecular weight is 356 g/mol. The molecule has 2 N–H and O–H groups in total. The Balaban J connectivity index is 2.03. The molecule has 0 fully saturated rings. The Bertz CT molecular complexity index is 683. The molecule has 0 unspecified atom stereocenters. The normalized spacial score (nSPS) is 10.1. The maximum absolute atomic E-state index is 12.4. The first-order chi connectivity index (χ1) is 12.7. The summed E-state index contributed by atoms with van der Waals surface area (Å²) >= 11 is 0. The Morgan fingerprint density at radius 2 is 1.12 bits per heavy atom. The molecule has 138 valence electrons. The van der Waals surface area contributed by atoms with Crippen molar-refractivity contribution in [3.8, 4) is 11.5 Å². The summed E-state index contributed by atoms with van der Waals surface area (Å²) in [6, 6.07) is 13.8. The van der Waals surface area contributed by atoms with E-state index in [1.807, 2.05) is 13.8 Å². The third kappa shape index (κ3) is 5.24. The Hall–Kier alpha value is -3.02. The molecule has 0 spiro atoms. The standard InChI is InChI=1S/C20H24N2O4/c1-3-13-25-17-11-7-5-9-15(17)19(23)21-22-20(24)16-10-6-8-12-18(16)26-14-4-2/h5-12H,3-4,13-14H2,1-2H3,(H,21,23)(H,22,24). The van der Waals surface area contributed by atoms with E-state index in [4.69, 9.17) is 9.47 Å². The third-order valence-corrected chi connectivity index (χ3v) is 3.48. The minimum atomic E-state index is -0.447. The van der Waals surface area contributed by atoms with Crippen molar-refractivity contribution < 1.29 is 19.1 Å². The van der Waals surface area contributed by atoms with E-state index >= 15 is 0 Å². The number of hydrogen-bond donors (Lipinski definition) is 2. The first-order valence-electron chi connectivity index (χ1n) is 8.71. The maximum atomic E-state index is 12.4. The van der Waals surface area contributed by atoms with Crippen LogP contribution in [0.5, 0.6) is 11.5 Å². The number of nitrogens with one attached hydrogen (secondary N) is 2. The highest BCUT2D eigenvalue weighted by Crippen LogP contribution is 2.19. The molecule has 0 saturated heterocycles. The van der Waals surface area contributed by atoms with Crippen LogP contribution in [0.15, 0.2) is 48.5 Å². The van der Waals surface area contributed by atoms with Gasteiger partial charge in [-0.05, 0) is 37.1 Å². The Morgan fingerprint density at radius 1 is 0.731 bits per heavy atom. The molecule has 2 aromatic rings. The van der Waals surface area contributed by atoms with Gasteiger partial charge < -0.3 is 9.47 Å². The van der Waals surface area contributed by atoms with Crippen molar-refractivity contribution in [2.75, 3.05) is 13.2 Å². The second kappa shape index (κ2) is 10.1. The molecule has 0 aliphatic heterocycles. The van der Waals surface area contributed by atoms with E-state index in [0.29, 0.717) is 35.8 Å². The van der Waals surface area contributed by atoms with Crippen LogP contribution in [0, 0.1) is 0 Å². The quantitative estimate of drug-likeness (QED) is 0.711. The molecule has 0 saturated carbocycles. The van der Waals surface area contributed by atoms with Crippen molar-refractivity contribution in [1.82, 2.24) is 10.9 Å². The maximum Gasteiger partial charge on any atom is 0.273 e. The molecule has 2 rings (SSSR count). The van der Waals surface area contributed by atoms with Crippen LogP contribution < -0.4 is 20.3 Å². The highest BCUT2D eigenvalue weighted by molar-refractivity contribution is 6.01. The molecular weight excluding hydrogens is 332 g/mol. The molecule has 0 heterocycles. The monoisotopic (exact) mass is 356 g/mol. The predicted octanol–water partition coefficient (Wildman–Crippen LogP) is 3.34. The minimum absolute atomic E-state index is 0.358. The SMILES string of the molecule is CCCOc1ccccc1C(=O)NNC(=O)c1ccccc1OCCC. The lowest BCUT2D eigenvalue weighted by atomic mass is 10.2. The fourth-order valence-corrected chi connectivity index (χ4v) is 2.23. The van der Waals surface area contributed by atoms with E-state index in [-0.39, 0.29) is 0 Å². The molecule has 26 heavy (non-hydrogen) atoms. The average Bonchev–Trinajstić information content (AvgIpc) is 2.69. The van der Waals surface area contributed by atoms with Crippen LogP contribution in [0.1, 0.15) is 47.4 Å². The van der Waals surface area contributed by atoms with Gasteiger partial charge in [0.2, 0.25) is 0 Å². The lowest BCUT2D eigenvalue weighted by molar-refractivity contribution is 0.0842. The van der Waals surface area contributed by atoms with Gasteiger partial charge >= 0.3 is 0 Å². The molecule has 2 aromatic carbocycles. The highest BCUT2D eigenvalue weighted by atomic mass is 16.5. The third-order valence-electron chi connectivity index (χ3n) is 3.48. The van der Waals surface area contributed by atoms with Crippen molar-refractivity contribution in [3.05, 3.63) is 59.7 Å². The Morgan fingerprint density at radius 3 is 1.50 bits per heavy atom. The number of benzene rings is 2. The molecule has 2 amide bonds. The van der Waals surface area contributed by atoms with Crippen molar-refractivity contribution in [2.24, 2.45) is 0 Å². The van der Waals surface area contributed by atoms with Crippen molar-refractivity contribution in [3.63, 3.8) is 0 Å². The second-order valence-corrected chi connectivity index (χ2v) is 5.60. The molecule has 0 aliphatic rings. The summed E-state index contributed by atoms with van der Waals surface area (Å²) in [7, 11) is 0. The fraction of sp³-hybridized carbons (Fsp3) is 0.300. The first kappa shape index (κ1) is 19.3. The molecular formula is C20H24N2O4. The van der Waals surface area contributed by atoms with Crippen molar-refractivity contribution >= 4 is 11.8 Å². The molecule has 0 aromatic heterocycles. The number of ether oxygens (including phenoxy) is 2. The zero-order valence-corrected chi connectivity index (χ0v) is 15.1. The number of carbonyl (C=O) groups is 2. The van der Waals surface area contributed by atoms with Crippen LogP contribution in [0.2, 0.25) is 0 Å². The van der Waals surface area contributed by atoms with Crippen LogP contribution in [0.25, 0.3) is 0 Å². The summed E-state index contributed by atoms with van der Waals surface area (Å²) in [6.07, 6.45) is 1.67. The zero-order valence-electron chi connectivity index (χ0n) is 15.1. The topological polar surface area (TPSA) is 76.7 Å². The lowest BCUT2D eigenvalue weighted by Gasteiger charge is -2.13. The van der Waals surface area contributed by atoms with Crippen LogP contribution in [-0.2, 0) is 0 Å². The number of amides is 2. The summed E-state index contributed by atoms with van der Waals surface area (Å²) in [5.74, 6) is 0.0644. The van der Waals surface area contributed by atoms with Gasteiger partial charge in [0.1, 0.15) is 11.5 Å². The number of para-hydroxylation sites is 2. The largest absolute Gasteiger partial charge is 0.493 e. The highest BCUT2D eigenvalue weighted by Gasteiger charge is 2.15. The molecule has 0 aliphatic carbocycles. The van der Waals surface area contributed by atoms with Crippen LogP contribution >= 0.6 is 0 Å². The molecule has 6 heteroatoms. The first-order valence-corrected chi connectivity index (χ1v) is 8.71. The summed E-state index contributed by atoms with van der Waals surface area (Å²) in [5, 5.41) is 0. The predicted molar refractivity (Wildman–Crippen MR) is 99.4 cm³/mol. The summed E-state index contributed by atoms with van der Waals surface area (Å²) in [5.41, 5.74) is 5.56. The number of hydrazine groups is 1. The molecule has 0 radical (unpaired) electrons. The van der Waals surface area contributed by atoms with Gasteiger partial charge in [-0.3, -0.25) is 20.4 Å². The number of rotatable bonds is 8. The smallest absolute Gasteiger partial charge is 0.273 e. The van der Waals surface area contributed by atoms with E-state index in [1.54, 1.807) is 48.5 Å². The number of carbonyl (C=O) groups excluding carboxylic acids is 2. The van der Waals surface area contributed by atoms with Crippen molar-refractivity contribution in [1.29, 1.82) is 0 Å². The van der Waals surface area contributed by atoms with E-state index in [0.717, 1.165) is 12.8 Å². The molecule has 0 atom stereocenters. The summed E-state index contributed by atoms with van der Waals surface area (Å²) < 4.78 is 11.1. The van der Waals surface area contributed by atoms with E-state index in [1.165, 1.54) is 0 Å². The van der Waals surface area contributed by atoms with E-state index in [9.17, 15) is 9.59 Å². The number of hydrogen-bond acceptors (Lipinski definition) is 4. The fourth-order valence-electron chi connectivity index (χ4n) is 2.23. The second-order valence-electron chi connectivity index (χ2n) is 5.60. The molecule has 6 nitrogen and oxygen atoms in total. The Labute approximate surface area is 153 Å². The van der Waals surface area contributed by atoms with E-state index < -0.39 is 11.8 Å². The Kier molecular flexibility index (Phi) is 7.49.